The predicted molar refractivity (Wildman–Crippen MR) is 98.4 cm³/mol. The smallest absolute Gasteiger partial charge is 0.225 e. The van der Waals surface area contributed by atoms with Crippen molar-refractivity contribution < 1.29 is 13.9 Å². The molecule has 4 N–H and O–H groups in total. The number of carbonyl (C=O) groups excluding carboxylic acids is 1. The number of guanidine groups is 1. The fourth-order valence-corrected chi connectivity index (χ4v) is 3.42. The first-order chi connectivity index (χ1) is 12.5. The van der Waals surface area contributed by atoms with Crippen molar-refractivity contribution in [3.63, 3.8) is 0 Å². The third kappa shape index (κ3) is 4.07. The Morgan fingerprint density at radius 2 is 1.73 bits per heavy atom. The average molecular weight is 363 g/mol. The number of rotatable bonds is 4. The molecule has 0 atom stereocenters. The standard InChI is InChI=1S/C18H26FN5O2/c19-14-1-3-15(4-2-14)23-7-9-24(10-8-23)17(21)22-13-18(16(20)25)5-11-26-12-6-18/h1-4H,5-13H2,(H2,20,25)(H2,21,22). The number of halogens is 1. The van der Waals surface area contributed by atoms with E-state index in [2.05, 4.69) is 9.89 Å². The Hall–Kier alpha value is -2.35. The number of piperazine rings is 1. The van der Waals surface area contributed by atoms with E-state index in [1.165, 1.54) is 12.1 Å². The summed E-state index contributed by atoms with van der Waals surface area (Å²) in [6.45, 7) is 4.34. The van der Waals surface area contributed by atoms with Crippen LogP contribution < -0.4 is 16.4 Å². The maximum Gasteiger partial charge on any atom is 0.225 e. The van der Waals surface area contributed by atoms with Gasteiger partial charge in [0, 0.05) is 45.1 Å². The van der Waals surface area contributed by atoms with Crippen LogP contribution in [-0.2, 0) is 9.53 Å². The first-order valence-corrected chi connectivity index (χ1v) is 8.93. The third-order valence-corrected chi connectivity index (χ3v) is 5.31. The molecule has 0 aromatic heterocycles. The van der Waals surface area contributed by atoms with Gasteiger partial charge in [-0.25, -0.2) is 4.39 Å². The molecule has 7 nitrogen and oxygen atoms in total. The Morgan fingerprint density at radius 3 is 2.31 bits per heavy atom. The molecule has 0 unspecified atom stereocenters. The minimum Gasteiger partial charge on any atom is -0.381 e. The highest BCUT2D eigenvalue weighted by atomic mass is 19.1. The molecule has 8 heteroatoms. The lowest BCUT2D eigenvalue weighted by Gasteiger charge is -2.37. The van der Waals surface area contributed by atoms with Gasteiger partial charge in [0.15, 0.2) is 5.96 Å². The number of benzene rings is 1. The molecule has 0 bridgehead atoms. The lowest BCUT2D eigenvalue weighted by atomic mass is 9.79. The largest absolute Gasteiger partial charge is 0.381 e. The summed E-state index contributed by atoms with van der Waals surface area (Å²) in [5, 5.41) is 0. The van der Waals surface area contributed by atoms with E-state index in [1.54, 1.807) is 12.1 Å². The van der Waals surface area contributed by atoms with Crippen molar-refractivity contribution in [1.82, 2.24) is 4.90 Å². The minimum atomic E-state index is -0.654. The predicted octanol–water partition coefficient (Wildman–Crippen LogP) is 0.545. The van der Waals surface area contributed by atoms with Crippen LogP contribution in [0.2, 0.25) is 0 Å². The second-order valence-corrected chi connectivity index (χ2v) is 6.88. The number of nitrogens with two attached hydrogens (primary N) is 2. The van der Waals surface area contributed by atoms with E-state index in [4.69, 9.17) is 16.2 Å². The van der Waals surface area contributed by atoms with Crippen molar-refractivity contribution in [3.05, 3.63) is 30.1 Å². The van der Waals surface area contributed by atoms with Crippen molar-refractivity contribution in [2.24, 2.45) is 21.9 Å². The molecule has 2 fully saturated rings. The monoisotopic (exact) mass is 363 g/mol. The van der Waals surface area contributed by atoms with Gasteiger partial charge in [-0.05, 0) is 37.1 Å². The van der Waals surface area contributed by atoms with E-state index < -0.39 is 5.41 Å². The summed E-state index contributed by atoms with van der Waals surface area (Å²) in [5.74, 6) is -0.130. The van der Waals surface area contributed by atoms with Crippen LogP contribution in [0.25, 0.3) is 0 Å². The second kappa shape index (κ2) is 7.90. The third-order valence-electron chi connectivity index (χ3n) is 5.31. The molecular formula is C18H26FN5O2. The van der Waals surface area contributed by atoms with E-state index in [-0.39, 0.29) is 11.7 Å². The van der Waals surface area contributed by atoms with E-state index in [1.807, 2.05) is 4.90 Å². The summed E-state index contributed by atoms with van der Waals surface area (Å²) >= 11 is 0. The van der Waals surface area contributed by atoms with Crippen molar-refractivity contribution >= 4 is 17.6 Å². The maximum absolute atomic E-state index is 13.0. The van der Waals surface area contributed by atoms with Gasteiger partial charge >= 0.3 is 0 Å². The summed E-state index contributed by atoms with van der Waals surface area (Å²) in [5.41, 5.74) is 12.1. The average Bonchev–Trinajstić information content (AvgIpc) is 2.67. The number of primary amides is 1. The number of ether oxygens (including phenoxy) is 1. The molecule has 0 aliphatic carbocycles. The minimum absolute atomic E-state index is 0.236. The molecule has 26 heavy (non-hydrogen) atoms. The first kappa shape index (κ1) is 18.4. The topological polar surface area (TPSA) is 97.2 Å². The van der Waals surface area contributed by atoms with Gasteiger partial charge in [0.1, 0.15) is 5.82 Å². The Bertz CT molecular complexity index is 650. The molecule has 2 heterocycles. The van der Waals surface area contributed by atoms with Gasteiger partial charge in [-0.2, -0.15) is 0 Å². The van der Waals surface area contributed by atoms with Crippen molar-refractivity contribution in [1.29, 1.82) is 0 Å². The highest BCUT2D eigenvalue weighted by Crippen LogP contribution is 2.30. The molecule has 3 rings (SSSR count). The molecule has 1 aromatic carbocycles. The SMILES string of the molecule is NC(=O)C1(CN=C(N)N2CCN(c3ccc(F)cc3)CC2)CCOCC1. The summed E-state index contributed by atoms with van der Waals surface area (Å²) in [7, 11) is 0. The van der Waals surface area contributed by atoms with Gasteiger partial charge in [0.05, 0.1) is 12.0 Å². The molecule has 2 saturated heterocycles. The first-order valence-electron chi connectivity index (χ1n) is 8.93. The van der Waals surface area contributed by atoms with Crippen molar-refractivity contribution in [2.75, 3.05) is 50.8 Å². The molecule has 0 spiro atoms. The normalized spacial score (nSPS) is 20.9. The number of anilines is 1. The molecule has 0 saturated carbocycles. The highest BCUT2D eigenvalue weighted by molar-refractivity contribution is 5.83. The van der Waals surface area contributed by atoms with Crippen molar-refractivity contribution in [3.8, 4) is 0 Å². The molecule has 2 aliphatic heterocycles. The van der Waals surface area contributed by atoms with Crippen LogP contribution in [0.3, 0.4) is 0 Å². The zero-order valence-corrected chi connectivity index (χ0v) is 14.9. The van der Waals surface area contributed by atoms with E-state index in [0.29, 0.717) is 38.6 Å². The molecule has 1 amide bonds. The van der Waals surface area contributed by atoms with Crippen LogP contribution in [-0.4, -0.2) is 62.7 Å². The van der Waals surface area contributed by atoms with Crippen LogP contribution in [0.15, 0.2) is 29.3 Å². The highest BCUT2D eigenvalue weighted by Gasteiger charge is 2.38. The summed E-state index contributed by atoms with van der Waals surface area (Å²) in [6.07, 6.45) is 1.16. The van der Waals surface area contributed by atoms with Gasteiger partial charge < -0.3 is 26.0 Å². The quantitative estimate of drug-likeness (QED) is 0.601. The molecule has 142 valence electrons. The van der Waals surface area contributed by atoms with Crippen LogP contribution in [0.4, 0.5) is 10.1 Å². The molecule has 1 aromatic rings. The number of hydrogen-bond acceptors (Lipinski definition) is 4. The lowest BCUT2D eigenvalue weighted by molar-refractivity contribution is -0.132. The summed E-state index contributed by atoms with van der Waals surface area (Å²) < 4.78 is 18.4. The van der Waals surface area contributed by atoms with Crippen molar-refractivity contribution in [2.45, 2.75) is 12.8 Å². The van der Waals surface area contributed by atoms with Crippen LogP contribution in [0.1, 0.15) is 12.8 Å². The zero-order valence-electron chi connectivity index (χ0n) is 14.9. The Balaban J connectivity index is 1.57. The lowest BCUT2D eigenvalue weighted by Crippen LogP contribution is -2.52. The van der Waals surface area contributed by atoms with Gasteiger partial charge in [-0.1, -0.05) is 0 Å². The Kier molecular flexibility index (Phi) is 5.61. The second-order valence-electron chi connectivity index (χ2n) is 6.88. The maximum atomic E-state index is 13.0. The van der Waals surface area contributed by atoms with E-state index in [9.17, 15) is 9.18 Å². The number of carbonyl (C=O) groups is 1. The van der Waals surface area contributed by atoms with E-state index in [0.717, 1.165) is 31.9 Å². The molecule has 0 radical (unpaired) electrons. The number of aliphatic imine (C=N–C) groups is 1. The Morgan fingerprint density at radius 1 is 1.12 bits per heavy atom. The number of amides is 1. The molecule has 2 aliphatic rings. The van der Waals surface area contributed by atoms with Crippen LogP contribution in [0, 0.1) is 11.2 Å². The number of nitrogens with zero attached hydrogens (tertiary/aromatic N) is 3. The molecular weight excluding hydrogens is 337 g/mol. The van der Waals surface area contributed by atoms with Gasteiger partial charge in [-0.3, -0.25) is 9.79 Å². The van der Waals surface area contributed by atoms with Gasteiger partial charge in [0.2, 0.25) is 5.91 Å². The van der Waals surface area contributed by atoms with E-state index >= 15 is 0 Å². The zero-order chi connectivity index (χ0) is 18.6. The van der Waals surface area contributed by atoms with Crippen LogP contribution in [0.5, 0.6) is 0 Å². The Labute approximate surface area is 152 Å². The van der Waals surface area contributed by atoms with Gasteiger partial charge in [0.25, 0.3) is 0 Å². The summed E-state index contributed by atoms with van der Waals surface area (Å²) in [4.78, 5) is 20.6. The van der Waals surface area contributed by atoms with Crippen LogP contribution >= 0.6 is 0 Å². The van der Waals surface area contributed by atoms with Gasteiger partial charge in [-0.15, -0.1) is 0 Å². The fourth-order valence-electron chi connectivity index (χ4n) is 3.42. The summed E-state index contributed by atoms with van der Waals surface area (Å²) in [6, 6.07) is 6.50. The number of hydrogen-bond donors (Lipinski definition) is 2. The fraction of sp³-hybridized carbons (Fsp3) is 0.556.